The van der Waals surface area contributed by atoms with Gasteiger partial charge in [-0.3, -0.25) is 0 Å². The lowest BCUT2D eigenvalue weighted by Crippen LogP contribution is -2.26. The minimum absolute atomic E-state index is 0.0556. The lowest BCUT2D eigenvalue weighted by molar-refractivity contribution is 0.282. The predicted molar refractivity (Wildman–Crippen MR) is 81.8 cm³/mol. The Bertz CT molecular complexity index is 419. The topological polar surface area (TPSA) is 23.5 Å². The Kier molecular flexibility index (Phi) is 5.12. The second kappa shape index (κ2) is 6.62. The molecule has 1 N–H and O–H groups in total. The number of aliphatic hydroxyl groups excluding tert-OH is 1. The highest BCUT2D eigenvalue weighted by Gasteiger charge is 2.22. The number of halogens is 1. The van der Waals surface area contributed by atoms with Crippen LogP contribution in [0, 0.1) is 11.8 Å². The van der Waals surface area contributed by atoms with Crippen LogP contribution in [0.1, 0.15) is 38.7 Å². The summed E-state index contributed by atoms with van der Waals surface area (Å²) in [4.78, 5) is 2.36. The first-order valence-electron chi connectivity index (χ1n) is 7.26. The second-order valence-electron chi connectivity index (χ2n) is 5.83. The molecule has 0 amide bonds. The number of nitrogens with zero attached hydrogens (tertiary/aromatic N) is 1. The molecule has 2 nitrogen and oxygen atoms in total. The van der Waals surface area contributed by atoms with Crippen molar-refractivity contribution in [3.8, 4) is 0 Å². The summed E-state index contributed by atoms with van der Waals surface area (Å²) < 4.78 is 0. The van der Waals surface area contributed by atoms with Crippen molar-refractivity contribution in [1.29, 1.82) is 0 Å². The van der Waals surface area contributed by atoms with Gasteiger partial charge in [0.1, 0.15) is 0 Å². The molecule has 3 heteroatoms. The average molecular weight is 282 g/mol. The van der Waals surface area contributed by atoms with Crippen LogP contribution in [0.2, 0.25) is 5.02 Å². The highest BCUT2D eigenvalue weighted by molar-refractivity contribution is 6.33. The van der Waals surface area contributed by atoms with E-state index < -0.39 is 0 Å². The van der Waals surface area contributed by atoms with Crippen molar-refractivity contribution < 1.29 is 5.11 Å². The largest absolute Gasteiger partial charge is 0.392 e. The van der Waals surface area contributed by atoms with Crippen molar-refractivity contribution in [3.63, 3.8) is 0 Å². The number of hydrogen-bond acceptors (Lipinski definition) is 2. The Labute approximate surface area is 121 Å². The Balaban J connectivity index is 2.18. The molecular formula is C16H24ClNO. The van der Waals surface area contributed by atoms with E-state index in [0.29, 0.717) is 0 Å². The van der Waals surface area contributed by atoms with Gasteiger partial charge in [0.15, 0.2) is 0 Å². The van der Waals surface area contributed by atoms with E-state index in [2.05, 4.69) is 18.7 Å². The smallest absolute Gasteiger partial charge is 0.0702 e. The second-order valence-corrected chi connectivity index (χ2v) is 6.23. The molecule has 1 fully saturated rings. The fourth-order valence-corrected chi connectivity index (χ4v) is 3.37. The molecule has 0 spiro atoms. The van der Waals surface area contributed by atoms with Gasteiger partial charge in [-0.05, 0) is 37.2 Å². The van der Waals surface area contributed by atoms with Crippen molar-refractivity contribution in [2.24, 2.45) is 11.8 Å². The van der Waals surface area contributed by atoms with Crippen LogP contribution in [0.5, 0.6) is 0 Å². The van der Waals surface area contributed by atoms with Gasteiger partial charge in [-0.25, -0.2) is 0 Å². The molecule has 0 radical (unpaired) electrons. The Hall–Kier alpha value is -0.730. The van der Waals surface area contributed by atoms with E-state index in [1.807, 2.05) is 18.2 Å². The number of anilines is 1. The lowest BCUT2D eigenvalue weighted by Gasteiger charge is -2.26. The highest BCUT2D eigenvalue weighted by atomic mass is 35.5. The lowest BCUT2D eigenvalue weighted by atomic mass is 9.89. The van der Waals surface area contributed by atoms with Crippen molar-refractivity contribution in [2.75, 3.05) is 18.0 Å². The summed E-state index contributed by atoms with van der Waals surface area (Å²) in [6.07, 6.45) is 3.72. The van der Waals surface area contributed by atoms with E-state index in [9.17, 15) is 5.11 Å². The van der Waals surface area contributed by atoms with Crippen LogP contribution in [-0.4, -0.2) is 18.2 Å². The number of hydrogen-bond donors (Lipinski definition) is 1. The normalized spacial score (nSPS) is 20.7. The fourth-order valence-electron chi connectivity index (χ4n) is 3.05. The van der Waals surface area contributed by atoms with Gasteiger partial charge in [-0.2, -0.15) is 0 Å². The van der Waals surface area contributed by atoms with E-state index >= 15 is 0 Å². The molecule has 1 heterocycles. The summed E-state index contributed by atoms with van der Waals surface area (Å²) in [5.74, 6) is 1.56. The van der Waals surface area contributed by atoms with E-state index in [1.165, 1.54) is 19.3 Å². The zero-order valence-electron chi connectivity index (χ0n) is 11.9. The zero-order chi connectivity index (χ0) is 13.8. The molecule has 106 valence electrons. The molecule has 1 unspecified atom stereocenters. The maximum Gasteiger partial charge on any atom is 0.0702 e. The van der Waals surface area contributed by atoms with E-state index in [0.717, 1.165) is 41.2 Å². The van der Waals surface area contributed by atoms with E-state index in [1.54, 1.807) is 0 Å². The molecule has 0 aliphatic carbocycles. The first kappa shape index (κ1) is 14.7. The van der Waals surface area contributed by atoms with Gasteiger partial charge in [0.05, 0.1) is 17.3 Å². The van der Waals surface area contributed by atoms with E-state index in [-0.39, 0.29) is 6.61 Å². The van der Waals surface area contributed by atoms with Crippen molar-refractivity contribution in [3.05, 3.63) is 28.8 Å². The first-order valence-corrected chi connectivity index (χ1v) is 7.64. The van der Waals surface area contributed by atoms with Gasteiger partial charge in [0.2, 0.25) is 0 Å². The summed E-state index contributed by atoms with van der Waals surface area (Å²) in [6.45, 7) is 6.77. The molecule has 1 aromatic carbocycles. The van der Waals surface area contributed by atoms with Crippen LogP contribution in [0.3, 0.4) is 0 Å². The Morgan fingerprint density at radius 3 is 2.79 bits per heavy atom. The van der Waals surface area contributed by atoms with E-state index in [4.69, 9.17) is 11.6 Å². The Morgan fingerprint density at radius 1 is 1.32 bits per heavy atom. The van der Waals surface area contributed by atoms with Gasteiger partial charge in [-0.15, -0.1) is 0 Å². The average Bonchev–Trinajstić information content (AvgIpc) is 2.64. The summed E-state index contributed by atoms with van der Waals surface area (Å²) in [6, 6.07) is 5.79. The zero-order valence-corrected chi connectivity index (χ0v) is 12.7. The summed E-state index contributed by atoms with van der Waals surface area (Å²) in [5.41, 5.74) is 1.98. The number of benzene rings is 1. The molecule has 2 rings (SSSR count). The third-order valence-electron chi connectivity index (χ3n) is 4.27. The summed E-state index contributed by atoms with van der Waals surface area (Å²) >= 11 is 6.34. The molecule has 0 saturated carbocycles. The fraction of sp³-hybridized carbons (Fsp3) is 0.625. The van der Waals surface area contributed by atoms with Gasteiger partial charge >= 0.3 is 0 Å². The molecule has 1 aromatic rings. The first-order chi connectivity index (χ1) is 9.13. The van der Waals surface area contributed by atoms with Crippen molar-refractivity contribution in [2.45, 2.75) is 39.7 Å². The van der Waals surface area contributed by atoms with Gasteiger partial charge in [0.25, 0.3) is 0 Å². The number of para-hydroxylation sites is 1. The molecule has 0 aromatic heterocycles. The predicted octanol–water partition coefficient (Wildman–Crippen LogP) is 4.09. The summed E-state index contributed by atoms with van der Waals surface area (Å²) in [5, 5.41) is 10.3. The maximum atomic E-state index is 9.50. The molecule has 1 atom stereocenters. The number of aliphatic hydroxyl groups is 1. The van der Waals surface area contributed by atoms with Crippen molar-refractivity contribution in [1.82, 2.24) is 0 Å². The van der Waals surface area contributed by atoms with Crippen LogP contribution in [0.4, 0.5) is 5.69 Å². The van der Waals surface area contributed by atoms with Crippen LogP contribution in [0.25, 0.3) is 0 Å². The molecule has 1 aliphatic heterocycles. The van der Waals surface area contributed by atoms with Gasteiger partial charge < -0.3 is 10.0 Å². The van der Waals surface area contributed by atoms with Crippen LogP contribution < -0.4 is 4.90 Å². The molecule has 19 heavy (non-hydrogen) atoms. The van der Waals surface area contributed by atoms with Gasteiger partial charge in [-0.1, -0.05) is 37.6 Å². The SMILES string of the molecule is CC(C)C1CCCN(c2c(Cl)cccc2CO)CC1. The molecule has 0 bridgehead atoms. The third-order valence-corrected chi connectivity index (χ3v) is 4.58. The molecule has 1 aliphatic rings. The molecule has 1 saturated heterocycles. The minimum atomic E-state index is 0.0556. The molecular weight excluding hydrogens is 258 g/mol. The monoisotopic (exact) mass is 281 g/mol. The van der Waals surface area contributed by atoms with Crippen LogP contribution in [-0.2, 0) is 6.61 Å². The number of rotatable bonds is 3. The third kappa shape index (κ3) is 3.43. The Morgan fingerprint density at radius 2 is 2.11 bits per heavy atom. The van der Waals surface area contributed by atoms with Gasteiger partial charge in [0, 0.05) is 18.7 Å². The van der Waals surface area contributed by atoms with Crippen LogP contribution in [0.15, 0.2) is 18.2 Å². The maximum absolute atomic E-state index is 9.50. The van der Waals surface area contributed by atoms with Crippen molar-refractivity contribution >= 4 is 17.3 Å². The minimum Gasteiger partial charge on any atom is -0.392 e. The highest BCUT2D eigenvalue weighted by Crippen LogP contribution is 2.33. The standard InChI is InChI=1S/C16H24ClNO/c1-12(2)13-6-4-9-18(10-8-13)16-14(11-19)5-3-7-15(16)17/h3,5,7,12-13,19H,4,6,8-11H2,1-2H3. The summed E-state index contributed by atoms with van der Waals surface area (Å²) in [7, 11) is 0. The quantitative estimate of drug-likeness (QED) is 0.902. The van der Waals surface area contributed by atoms with Crippen LogP contribution >= 0.6 is 11.6 Å².